The Labute approximate surface area is 103 Å². The number of aryl methyl sites for hydroxylation is 1. The van der Waals surface area contributed by atoms with Crippen LogP contribution in [-0.2, 0) is 9.53 Å². The van der Waals surface area contributed by atoms with E-state index in [2.05, 4.69) is 5.32 Å². The maximum atomic E-state index is 11.5. The Morgan fingerprint density at radius 2 is 2.25 bits per heavy atom. The highest BCUT2D eigenvalue weighted by Gasteiger charge is 2.17. The number of hydrogen-bond donors (Lipinski definition) is 1. The minimum absolute atomic E-state index is 0.140. The van der Waals surface area contributed by atoms with Crippen LogP contribution in [0.2, 0.25) is 0 Å². The van der Waals surface area contributed by atoms with E-state index in [1.807, 2.05) is 6.92 Å². The van der Waals surface area contributed by atoms with E-state index in [4.69, 9.17) is 16.3 Å². The van der Waals surface area contributed by atoms with E-state index in [1.165, 1.54) is 11.3 Å². The van der Waals surface area contributed by atoms with Gasteiger partial charge in [0.25, 0.3) is 0 Å². The molecule has 1 aromatic heterocycles. The normalized spacial score (nSPS) is 9.94. The van der Waals surface area contributed by atoms with Crippen LogP contribution in [0, 0.1) is 6.92 Å². The summed E-state index contributed by atoms with van der Waals surface area (Å²) in [5.41, 5.74) is 0.378. The fourth-order valence-electron chi connectivity index (χ4n) is 1.13. The number of ether oxygens (including phenoxy) is 1. The fraction of sp³-hybridized carbons (Fsp3) is 0.400. The SMILES string of the molecule is CCOC(=O)c1cc(C)sc1NC(=O)CCl. The highest BCUT2D eigenvalue weighted by Crippen LogP contribution is 2.28. The number of nitrogens with one attached hydrogen (secondary N) is 1. The van der Waals surface area contributed by atoms with Gasteiger partial charge in [0.05, 0.1) is 12.2 Å². The van der Waals surface area contributed by atoms with Crippen molar-refractivity contribution in [3.8, 4) is 0 Å². The first-order chi connectivity index (χ1) is 7.58. The van der Waals surface area contributed by atoms with Gasteiger partial charge in [0.1, 0.15) is 10.9 Å². The summed E-state index contributed by atoms with van der Waals surface area (Å²) in [4.78, 5) is 23.6. The summed E-state index contributed by atoms with van der Waals surface area (Å²) in [7, 11) is 0. The third-order valence-corrected chi connectivity index (χ3v) is 2.93. The molecule has 0 radical (unpaired) electrons. The number of amides is 1. The Bertz CT molecular complexity index is 403. The molecule has 0 aliphatic rings. The van der Waals surface area contributed by atoms with Crippen molar-refractivity contribution in [2.75, 3.05) is 17.8 Å². The molecule has 1 amide bonds. The van der Waals surface area contributed by atoms with Crippen LogP contribution in [0.15, 0.2) is 6.07 Å². The van der Waals surface area contributed by atoms with Gasteiger partial charge >= 0.3 is 5.97 Å². The first kappa shape index (κ1) is 13.0. The van der Waals surface area contributed by atoms with Gasteiger partial charge in [-0.15, -0.1) is 22.9 Å². The summed E-state index contributed by atoms with van der Waals surface area (Å²) in [5, 5.41) is 3.05. The predicted molar refractivity (Wildman–Crippen MR) is 64.4 cm³/mol. The maximum Gasteiger partial charge on any atom is 0.341 e. The molecule has 0 spiro atoms. The lowest BCUT2D eigenvalue weighted by Crippen LogP contribution is -2.14. The van der Waals surface area contributed by atoms with E-state index in [9.17, 15) is 9.59 Å². The molecule has 1 heterocycles. The monoisotopic (exact) mass is 261 g/mol. The molecule has 0 saturated carbocycles. The fourth-order valence-corrected chi connectivity index (χ4v) is 2.11. The molecule has 1 rings (SSSR count). The van der Waals surface area contributed by atoms with Gasteiger partial charge in [-0.25, -0.2) is 4.79 Å². The predicted octanol–water partition coefficient (Wildman–Crippen LogP) is 2.41. The third-order valence-electron chi connectivity index (χ3n) is 1.72. The number of carbonyl (C=O) groups is 2. The summed E-state index contributed by atoms with van der Waals surface area (Å²) in [6, 6.07) is 1.69. The molecule has 0 aliphatic heterocycles. The number of halogens is 1. The third kappa shape index (κ3) is 3.21. The van der Waals surface area contributed by atoms with E-state index in [0.717, 1.165) is 4.88 Å². The number of esters is 1. The van der Waals surface area contributed by atoms with Crippen LogP contribution >= 0.6 is 22.9 Å². The van der Waals surface area contributed by atoms with Crippen molar-refractivity contribution >= 4 is 39.8 Å². The van der Waals surface area contributed by atoms with Crippen LogP contribution in [-0.4, -0.2) is 24.4 Å². The number of thiophene rings is 1. The molecule has 0 saturated heterocycles. The van der Waals surface area contributed by atoms with Gasteiger partial charge in [-0.05, 0) is 19.9 Å². The van der Waals surface area contributed by atoms with E-state index >= 15 is 0 Å². The van der Waals surface area contributed by atoms with Crippen molar-refractivity contribution < 1.29 is 14.3 Å². The molecular weight excluding hydrogens is 250 g/mol. The molecule has 0 aliphatic carbocycles. The van der Waals surface area contributed by atoms with Gasteiger partial charge in [-0.3, -0.25) is 4.79 Å². The smallest absolute Gasteiger partial charge is 0.341 e. The first-order valence-corrected chi connectivity index (χ1v) is 6.07. The second-order valence-electron chi connectivity index (χ2n) is 3.00. The zero-order chi connectivity index (χ0) is 12.1. The minimum Gasteiger partial charge on any atom is -0.462 e. The van der Waals surface area contributed by atoms with E-state index in [1.54, 1.807) is 13.0 Å². The van der Waals surface area contributed by atoms with Crippen LogP contribution in [0.5, 0.6) is 0 Å². The second-order valence-corrected chi connectivity index (χ2v) is 4.53. The lowest BCUT2D eigenvalue weighted by molar-refractivity contribution is -0.113. The summed E-state index contributed by atoms with van der Waals surface area (Å²) in [6.07, 6.45) is 0. The summed E-state index contributed by atoms with van der Waals surface area (Å²) < 4.78 is 4.88. The zero-order valence-electron chi connectivity index (χ0n) is 9.00. The lowest BCUT2D eigenvalue weighted by atomic mass is 10.3. The van der Waals surface area contributed by atoms with Crippen molar-refractivity contribution in [3.05, 3.63) is 16.5 Å². The average molecular weight is 262 g/mol. The van der Waals surface area contributed by atoms with Gasteiger partial charge in [0.2, 0.25) is 5.91 Å². The highest BCUT2D eigenvalue weighted by molar-refractivity contribution is 7.16. The van der Waals surface area contributed by atoms with E-state index < -0.39 is 5.97 Å². The number of carbonyl (C=O) groups excluding carboxylic acids is 2. The molecule has 1 aromatic rings. The Balaban J connectivity index is 2.91. The van der Waals surface area contributed by atoms with Gasteiger partial charge < -0.3 is 10.1 Å². The van der Waals surface area contributed by atoms with Crippen LogP contribution < -0.4 is 5.32 Å². The van der Waals surface area contributed by atoms with Crippen LogP contribution in [0.3, 0.4) is 0 Å². The number of rotatable bonds is 4. The molecule has 0 atom stereocenters. The molecule has 0 unspecified atom stereocenters. The van der Waals surface area contributed by atoms with Crippen LogP contribution in [0.4, 0.5) is 5.00 Å². The van der Waals surface area contributed by atoms with Gasteiger partial charge in [0, 0.05) is 4.88 Å². The van der Waals surface area contributed by atoms with Crippen molar-refractivity contribution in [1.29, 1.82) is 0 Å². The number of hydrogen-bond acceptors (Lipinski definition) is 4. The van der Waals surface area contributed by atoms with Crippen molar-refractivity contribution in [2.45, 2.75) is 13.8 Å². The average Bonchev–Trinajstić information content (AvgIpc) is 2.59. The molecule has 0 aromatic carbocycles. The molecule has 0 bridgehead atoms. The van der Waals surface area contributed by atoms with Crippen LogP contribution in [0.1, 0.15) is 22.2 Å². The van der Waals surface area contributed by atoms with E-state index in [0.29, 0.717) is 17.2 Å². The second kappa shape index (κ2) is 5.86. The molecule has 0 fully saturated rings. The zero-order valence-corrected chi connectivity index (χ0v) is 10.6. The van der Waals surface area contributed by atoms with E-state index in [-0.39, 0.29) is 11.8 Å². The molecular formula is C10H12ClNO3S. The minimum atomic E-state index is -0.434. The Morgan fingerprint density at radius 1 is 1.56 bits per heavy atom. The van der Waals surface area contributed by atoms with Crippen molar-refractivity contribution in [3.63, 3.8) is 0 Å². The molecule has 4 nitrogen and oxygen atoms in total. The lowest BCUT2D eigenvalue weighted by Gasteiger charge is -2.03. The van der Waals surface area contributed by atoms with Crippen molar-refractivity contribution in [2.24, 2.45) is 0 Å². The number of alkyl halides is 1. The van der Waals surface area contributed by atoms with Crippen molar-refractivity contribution in [1.82, 2.24) is 0 Å². The summed E-state index contributed by atoms with van der Waals surface area (Å²) in [5.74, 6) is -0.912. The van der Waals surface area contributed by atoms with Gasteiger partial charge in [-0.1, -0.05) is 0 Å². The first-order valence-electron chi connectivity index (χ1n) is 4.71. The summed E-state index contributed by atoms with van der Waals surface area (Å²) >= 11 is 6.70. The Hall–Kier alpha value is -1.07. The Morgan fingerprint density at radius 3 is 2.81 bits per heavy atom. The molecule has 16 heavy (non-hydrogen) atoms. The largest absolute Gasteiger partial charge is 0.462 e. The quantitative estimate of drug-likeness (QED) is 0.669. The molecule has 1 N–H and O–H groups in total. The van der Waals surface area contributed by atoms with Crippen LogP contribution in [0.25, 0.3) is 0 Å². The summed E-state index contributed by atoms with van der Waals surface area (Å²) in [6.45, 7) is 3.88. The maximum absolute atomic E-state index is 11.5. The Kier molecular flexibility index (Phi) is 4.76. The molecule has 6 heteroatoms. The van der Waals surface area contributed by atoms with Gasteiger partial charge in [-0.2, -0.15) is 0 Å². The highest BCUT2D eigenvalue weighted by atomic mass is 35.5. The van der Waals surface area contributed by atoms with Gasteiger partial charge in [0.15, 0.2) is 0 Å². The standard InChI is InChI=1S/C10H12ClNO3S/c1-3-15-10(14)7-4-6(2)16-9(7)12-8(13)5-11/h4H,3,5H2,1-2H3,(H,12,13). The molecule has 88 valence electrons. The topological polar surface area (TPSA) is 55.4 Å². The number of anilines is 1.